The zero-order valence-corrected chi connectivity index (χ0v) is 10.4. The van der Waals surface area contributed by atoms with Gasteiger partial charge in [-0.15, -0.1) is 0 Å². The smallest absolute Gasteiger partial charge is 0.165 e. The molecule has 1 atom stereocenters. The van der Waals surface area contributed by atoms with Crippen molar-refractivity contribution in [3.05, 3.63) is 42.2 Å². The Morgan fingerprint density at radius 3 is 2.76 bits per heavy atom. The van der Waals surface area contributed by atoms with Crippen LogP contribution in [0.15, 0.2) is 41.8 Å². The lowest BCUT2D eigenvalue weighted by Gasteiger charge is -2.11. The summed E-state index contributed by atoms with van der Waals surface area (Å²) in [6, 6.07) is 7.83. The van der Waals surface area contributed by atoms with Gasteiger partial charge in [-0.2, -0.15) is 0 Å². The predicted molar refractivity (Wildman–Crippen MR) is 69.2 cm³/mol. The molecule has 0 fully saturated rings. The summed E-state index contributed by atoms with van der Waals surface area (Å²) < 4.78 is 5.11. The van der Waals surface area contributed by atoms with Gasteiger partial charge in [-0.05, 0) is 17.7 Å². The first kappa shape index (κ1) is 12.0. The van der Waals surface area contributed by atoms with E-state index in [1.807, 2.05) is 24.3 Å². The molecular weight excluding hydrogens is 234 g/mol. The number of benzene rings is 1. The minimum absolute atomic E-state index is 0.00370. The summed E-state index contributed by atoms with van der Waals surface area (Å²) in [6.07, 6.45) is 3.54. The number of thioether (sulfide) groups is 1. The normalized spacial score (nSPS) is 12.4. The van der Waals surface area contributed by atoms with Gasteiger partial charge in [-0.25, -0.2) is 4.98 Å². The maximum atomic E-state index is 6.10. The number of aromatic amines is 1. The quantitative estimate of drug-likeness (QED) is 0.797. The Bertz CT molecular complexity index is 441. The van der Waals surface area contributed by atoms with Gasteiger partial charge in [0, 0.05) is 24.2 Å². The number of nitrogens with one attached hydrogen (secondary N) is 1. The van der Waals surface area contributed by atoms with Crippen molar-refractivity contribution in [2.24, 2.45) is 5.73 Å². The predicted octanol–water partition coefficient (Wildman–Crippen LogP) is 2.21. The average molecular weight is 249 g/mol. The molecule has 90 valence electrons. The summed E-state index contributed by atoms with van der Waals surface area (Å²) in [7, 11) is 1.65. The van der Waals surface area contributed by atoms with Crippen LogP contribution in [-0.4, -0.2) is 22.8 Å². The van der Waals surface area contributed by atoms with Gasteiger partial charge < -0.3 is 15.5 Å². The van der Waals surface area contributed by atoms with Crippen LogP contribution < -0.4 is 10.5 Å². The molecule has 0 radical (unpaired) electrons. The maximum absolute atomic E-state index is 6.10. The minimum Gasteiger partial charge on any atom is -0.497 e. The molecule has 0 aliphatic heterocycles. The summed E-state index contributed by atoms with van der Waals surface area (Å²) in [5.41, 5.74) is 7.20. The van der Waals surface area contributed by atoms with E-state index < -0.39 is 0 Å². The maximum Gasteiger partial charge on any atom is 0.165 e. The third-order valence-electron chi connectivity index (χ3n) is 2.42. The van der Waals surface area contributed by atoms with Crippen molar-refractivity contribution in [2.45, 2.75) is 11.2 Å². The fourth-order valence-corrected chi connectivity index (χ4v) is 2.26. The highest BCUT2D eigenvalue weighted by Gasteiger charge is 2.07. The van der Waals surface area contributed by atoms with E-state index in [9.17, 15) is 0 Å². The van der Waals surface area contributed by atoms with E-state index in [0.29, 0.717) is 0 Å². The average Bonchev–Trinajstić information content (AvgIpc) is 2.89. The van der Waals surface area contributed by atoms with E-state index in [1.165, 1.54) is 0 Å². The topological polar surface area (TPSA) is 63.9 Å². The fourth-order valence-electron chi connectivity index (χ4n) is 1.45. The monoisotopic (exact) mass is 249 g/mol. The third kappa shape index (κ3) is 3.25. The van der Waals surface area contributed by atoms with Gasteiger partial charge in [0.15, 0.2) is 5.16 Å². The first-order valence-corrected chi connectivity index (χ1v) is 6.30. The van der Waals surface area contributed by atoms with E-state index >= 15 is 0 Å². The molecule has 4 nitrogen and oxygen atoms in total. The molecule has 1 unspecified atom stereocenters. The van der Waals surface area contributed by atoms with Gasteiger partial charge in [0.2, 0.25) is 0 Å². The number of imidazole rings is 1. The number of methoxy groups -OCH3 is 1. The first-order valence-electron chi connectivity index (χ1n) is 5.31. The molecule has 2 rings (SSSR count). The highest BCUT2D eigenvalue weighted by Crippen LogP contribution is 2.22. The van der Waals surface area contributed by atoms with Crippen molar-refractivity contribution in [3.8, 4) is 5.75 Å². The Morgan fingerprint density at radius 2 is 2.18 bits per heavy atom. The highest BCUT2D eigenvalue weighted by molar-refractivity contribution is 7.99. The van der Waals surface area contributed by atoms with Gasteiger partial charge in [0.25, 0.3) is 0 Å². The number of hydrogen-bond acceptors (Lipinski definition) is 4. The number of rotatable bonds is 5. The molecule has 5 heteroatoms. The molecule has 0 bridgehead atoms. The zero-order valence-electron chi connectivity index (χ0n) is 9.59. The van der Waals surface area contributed by atoms with Crippen LogP contribution in [0.4, 0.5) is 0 Å². The van der Waals surface area contributed by atoms with E-state index in [-0.39, 0.29) is 6.04 Å². The standard InChI is InChI=1S/C12H15N3OS/c1-16-10-4-2-9(3-5-10)11(13)8-17-12-14-6-7-15-12/h2-7,11H,8,13H2,1H3,(H,14,15). The van der Waals surface area contributed by atoms with E-state index in [1.54, 1.807) is 31.3 Å². The second kappa shape index (κ2) is 5.75. The zero-order chi connectivity index (χ0) is 12.1. The molecule has 1 aromatic heterocycles. The van der Waals surface area contributed by atoms with Crippen LogP contribution in [0.5, 0.6) is 5.75 Å². The van der Waals surface area contributed by atoms with Gasteiger partial charge >= 0.3 is 0 Å². The number of hydrogen-bond donors (Lipinski definition) is 2. The summed E-state index contributed by atoms with van der Waals surface area (Å²) in [6.45, 7) is 0. The van der Waals surface area contributed by atoms with Crippen LogP contribution in [0.3, 0.4) is 0 Å². The SMILES string of the molecule is COc1ccc(C(N)CSc2ncc[nH]2)cc1. The van der Waals surface area contributed by atoms with Crippen molar-refractivity contribution in [1.82, 2.24) is 9.97 Å². The highest BCUT2D eigenvalue weighted by atomic mass is 32.2. The molecule has 0 saturated heterocycles. The number of H-pyrrole nitrogens is 1. The molecule has 0 saturated carbocycles. The van der Waals surface area contributed by atoms with Gasteiger partial charge in [-0.1, -0.05) is 23.9 Å². The van der Waals surface area contributed by atoms with Crippen LogP contribution in [0, 0.1) is 0 Å². The Labute approximate surface area is 105 Å². The number of nitrogens with two attached hydrogens (primary N) is 1. The Balaban J connectivity index is 1.92. The molecule has 0 spiro atoms. The second-order valence-corrected chi connectivity index (χ2v) is 4.59. The third-order valence-corrected chi connectivity index (χ3v) is 3.44. The molecular formula is C12H15N3OS. The van der Waals surface area contributed by atoms with E-state index in [0.717, 1.165) is 22.2 Å². The fraction of sp³-hybridized carbons (Fsp3) is 0.250. The van der Waals surface area contributed by atoms with Crippen molar-refractivity contribution >= 4 is 11.8 Å². The lowest BCUT2D eigenvalue weighted by Crippen LogP contribution is -2.12. The Hall–Kier alpha value is -1.46. The molecule has 2 aromatic rings. The van der Waals surface area contributed by atoms with Gasteiger partial charge in [-0.3, -0.25) is 0 Å². The summed E-state index contributed by atoms with van der Waals surface area (Å²) in [5.74, 6) is 1.64. The number of aromatic nitrogens is 2. The van der Waals surface area contributed by atoms with Crippen LogP contribution in [0.25, 0.3) is 0 Å². The summed E-state index contributed by atoms with van der Waals surface area (Å²) in [5, 5.41) is 0.897. The van der Waals surface area contributed by atoms with E-state index in [2.05, 4.69) is 9.97 Å². The number of ether oxygens (including phenoxy) is 1. The minimum atomic E-state index is -0.00370. The number of nitrogens with zero attached hydrogens (tertiary/aromatic N) is 1. The van der Waals surface area contributed by atoms with Crippen LogP contribution in [0.2, 0.25) is 0 Å². The van der Waals surface area contributed by atoms with Crippen LogP contribution in [-0.2, 0) is 0 Å². The van der Waals surface area contributed by atoms with Crippen molar-refractivity contribution in [3.63, 3.8) is 0 Å². The largest absolute Gasteiger partial charge is 0.497 e. The van der Waals surface area contributed by atoms with Crippen molar-refractivity contribution in [2.75, 3.05) is 12.9 Å². The molecule has 3 N–H and O–H groups in total. The van der Waals surface area contributed by atoms with Crippen LogP contribution in [0.1, 0.15) is 11.6 Å². The molecule has 1 heterocycles. The summed E-state index contributed by atoms with van der Waals surface area (Å²) in [4.78, 5) is 7.18. The Morgan fingerprint density at radius 1 is 1.41 bits per heavy atom. The van der Waals surface area contributed by atoms with Crippen molar-refractivity contribution < 1.29 is 4.74 Å². The van der Waals surface area contributed by atoms with E-state index in [4.69, 9.17) is 10.5 Å². The van der Waals surface area contributed by atoms with Gasteiger partial charge in [0.05, 0.1) is 7.11 Å². The lowest BCUT2D eigenvalue weighted by molar-refractivity contribution is 0.414. The van der Waals surface area contributed by atoms with Gasteiger partial charge in [0.1, 0.15) is 5.75 Å². The molecule has 0 aliphatic rings. The summed E-state index contributed by atoms with van der Waals surface area (Å²) >= 11 is 1.62. The van der Waals surface area contributed by atoms with Crippen molar-refractivity contribution in [1.29, 1.82) is 0 Å². The molecule has 0 aliphatic carbocycles. The second-order valence-electron chi connectivity index (χ2n) is 3.58. The molecule has 1 aromatic carbocycles. The lowest BCUT2D eigenvalue weighted by atomic mass is 10.1. The van der Waals surface area contributed by atoms with Crippen LogP contribution >= 0.6 is 11.8 Å². The first-order chi connectivity index (χ1) is 8.29. The molecule has 0 amide bonds. The molecule has 17 heavy (non-hydrogen) atoms. The Kier molecular flexibility index (Phi) is 4.06.